The minimum atomic E-state index is 0. The lowest BCUT2D eigenvalue weighted by Crippen LogP contribution is -3.00. The standard InChI is InChI=1S/C12H23N.ClH/c1-4-12(5-2)10-7-6-9(8-10)11(12)13-3;/h9-11,13H,4-8H2,1-3H3;1H. The van der Waals surface area contributed by atoms with Gasteiger partial charge in [0.15, 0.2) is 0 Å². The van der Waals surface area contributed by atoms with Crippen LogP contribution in [0.3, 0.4) is 0 Å². The van der Waals surface area contributed by atoms with Crippen molar-refractivity contribution in [3.63, 3.8) is 0 Å². The second-order valence-electron chi connectivity index (χ2n) is 5.07. The van der Waals surface area contributed by atoms with Gasteiger partial charge in [0.05, 0.1) is 13.1 Å². The summed E-state index contributed by atoms with van der Waals surface area (Å²) in [5, 5.41) is 2.51. The Labute approximate surface area is 94.4 Å². The molecule has 2 bridgehead atoms. The third-order valence-corrected chi connectivity index (χ3v) is 5.13. The average Bonchev–Trinajstić information content (AvgIpc) is 2.74. The zero-order valence-electron chi connectivity index (χ0n) is 9.72. The van der Waals surface area contributed by atoms with E-state index >= 15 is 0 Å². The molecule has 0 saturated heterocycles. The third kappa shape index (κ3) is 1.40. The number of halogens is 1. The van der Waals surface area contributed by atoms with Gasteiger partial charge >= 0.3 is 0 Å². The molecule has 0 aliphatic heterocycles. The van der Waals surface area contributed by atoms with Crippen LogP contribution in [0.15, 0.2) is 0 Å². The van der Waals surface area contributed by atoms with Crippen LogP contribution < -0.4 is 17.7 Å². The van der Waals surface area contributed by atoms with E-state index in [1.165, 1.54) is 32.1 Å². The molecule has 0 radical (unpaired) electrons. The summed E-state index contributed by atoms with van der Waals surface area (Å²) in [5.74, 6) is 2.11. The smallest absolute Gasteiger partial charge is 0.0944 e. The molecule has 3 unspecified atom stereocenters. The van der Waals surface area contributed by atoms with Crippen molar-refractivity contribution in [2.24, 2.45) is 17.3 Å². The van der Waals surface area contributed by atoms with Crippen molar-refractivity contribution in [3.8, 4) is 0 Å². The van der Waals surface area contributed by atoms with Crippen molar-refractivity contribution in [1.29, 1.82) is 0 Å². The van der Waals surface area contributed by atoms with Crippen LogP contribution in [0.2, 0.25) is 0 Å². The minimum absolute atomic E-state index is 0. The number of hydrogen-bond acceptors (Lipinski definition) is 0. The fourth-order valence-electron chi connectivity index (χ4n) is 4.51. The van der Waals surface area contributed by atoms with Crippen LogP contribution in [0.1, 0.15) is 46.0 Å². The topological polar surface area (TPSA) is 16.6 Å². The molecule has 2 aliphatic carbocycles. The number of rotatable bonds is 3. The van der Waals surface area contributed by atoms with Crippen LogP contribution >= 0.6 is 0 Å². The predicted octanol–water partition coefficient (Wildman–Crippen LogP) is -1.21. The van der Waals surface area contributed by atoms with Crippen molar-refractivity contribution in [2.75, 3.05) is 7.05 Å². The van der Waals surface area contributed by atoms with Crippen LogP contribution in [0.25, 0.3) is 0 Å². The molecule has 0 aromatic carbocycles. The Kier molecular flexibility index (Phi) is 3.87. The fourth-order valence-corrected chi connectivity index (χ4v) is 4.51. The predicted molar refractivity (Wildman–Crippen MR) is 55.5 cm³/mol. The Morgan fingerprint density at radius 3 is 2.29 bits per heavy atom. The number of quaternary nitrogens is 1. The molecule has 2 N–H and O–H groups in total. The van der Waals surface area contributed by atoms with E-state index < -0.39 is 0 Å². The van der Waals surface area contributed by atoms with Crippen molar-refractivity contribution in [1.82, 2.24) is 0 Å². The maximum absolute atomic E-state index is 2.51. The van der Waals surface area contributed by atoms with E-state index in [-0.39, 0.29) is 12.4 Å². The van der Waals surface area contributed by atoms with E-state index in [1.807, 2.05) is 0 Å². The Balaban J connectivity index is 0.000000980. The average molecular weight is 218 g/mol. The van der Waals surface area contributed by atoms with E-state index in [0.29, 0.717) is 5.41 Å². The van der Waals surface area contributed by atoms with Gasteiger partial charge in [0.1, 0.15) is 0 Å². The summed E-state index contributed by atoms with van der Waals surface area (Å²) >= 11 is 0. The first-order valence-corrected chi connectivity index (χ1v) is 6.08. The van der Waals surface area contributed by atoms with Gasteiger partial charge < -0.3 is 17.7 Å². The maximum Gasteiger partial charge on any atom is 0.0944 e. The number of fused-ring (bicyclic) bond motifs is 2. The number of nitrogens with two attached hydrogens (primary N) is 1. The molecule has 2 saturated carbocycles. The Hall–Kier alpha value is 0.250. The second-order valence-corrected chi connectivity index (χ2v) is 5.07. The number of hydrogen-bond donors (Lipinski definition) is 1. The Morgan fingerprint density at radius 2 is 1.86 bits per heavy atom. The highest BCUT2D eigenvalue weighted by molar-refractivity contribution is 5.04. The quantitative estimate of drug-likeness (QED) is 0.611. The van der Waals surface area contributed by atoms with Gasteiger partial charge in [0.25, 0.3) is 0 Å². The van der Waals surface area contributed by atoms with Crippen LogP contribution in [0, 0.1) is 17.3 Å². The fraction of sp³-hybridized carbons (Fsp3) is 1.00. The van der Waals surface area contributed by atoms with Gasteiger partial charge in [0, 0.05) is 11.3 Å². The van der Waals surface area contributed by atoms with Gasteiger partial charge in [-0.2, -0.15) is 0 Å². The summed E-state index contributed by atoms with van der Waals surface area (Å²) in [6.07, 6.45) is 7.38. The molecule has 0 amide bonds. The first kappa shape index (κ1) is 12.3. The molecule has 2 rings (SSSR count). The zero-order valence-corrected chi connectivity index (χ0v) is 10.5. The lowest BCUT2D eigenvalue weighted by atomic mass is 9.66. The lowest BCUT2D eigenvalue weighted by molar-refractivity contribution is -0.684. The highest BCUT2D eigenvalue weighted by Gasteiger charge is 2.57. The molecule has 14 heavy (non-hydrogen) atoms. The van der Waals surface area contributed by atoms with Gasteiger partial charge in [-0.05, 0) is 38.0 Å². The van der Waals surface area contributed by atoms with Gasteiger partial charge in [-0.25, -0.2) is 0 Å². The normalized spacial score (nSPS) is 38.4. The van der Waals surface area contributed by atoms with Crippen molar-refractivity contribution in [2.45, 2.75) is 52.0 Å². The van der Waals surface area contributed by atoms with Crippen molar-refractivity contribution >= 4 is 0 Å². The molecule has 84 valence electrons. The summed E-state index contributed by atoms with van der Waals surface area (Å²) in [6, 6.07) is 0.946. The third-order valence-electron chi connectivity index (χ3n) is 5.13. The van der Waals surface area contributed by atoms with Crippen LogP contribution in [-0.4, -0.2) is 13.1 Å². The van der Waals surface area contributed by atoms with Crippen molar-refractivity contribution in [3.05, 3.63) is 0 Å². The molecule has 2 aliphatic rings. The first-order valence-electron chi connectivity index (χ1n) is 6.08. The molecule has 3 atom stereocenters. The van der Waals surface area contributed by atoms with Gasteiger partial charge in [-0.3, -0.25) is 0 Å². The van der Waals surface area contributed by atoms with E-state index in [0.717, 1.165) is 17.9 Å². The second kappa shape index (κ2) is 4.40. The molecule has 2 heteroatoms. The van der Waals surface area contributed by atoms with E-state index in [1.54, 1.807) is 0 Å². The Morgan fingerprint density at radius 1 is 1.21 bits per heavy atom. The van der Waals surface area contributed by atoms with Gasteiger partial charge in [-0.1, -0.05) is 13.8 Å². The largest absolute Gasteiger partial charge is 1.00 e. The molecule has 0 spiro atoms. The molecule has 2 fully saturated rings. The molecule has 0 aromatic rings. The first-order chi connectivity index (χ1) is 6.28. The molecule has 1 nitrogen and oxygen atoms in total. The van der Waals surface area contributed by atoms with E-state index in [2.05, 4.69) is 26.2 Å². The summed E-state index contributed by atoms with van der Waals surface area (Å²) < 4.78 is 0. The van der Waals surface area contributed by atoms with E-state index in [4.69, 9.17) is 0 Å². The summed E-state index contributed by atoms with van der Waals surface area (Å²) in [7, 11) is 2.28. The van der Waals surface area contributed by atoms with Crippen LogP contribution in [0.4, 0.5) is 0 Å². The lowest BCUT2D eigenvalue weighted by Gasteiger charge is -2.40. The zero-order chi connectivity index (χ0) is 9.47. The highest BCUT2D eigenvalue weighted by Crippen LogP contribution is 2.57. The van der Waals surface area contributed by atoms with Crippen LogP contribution in [-0.2, 0) is 0 Å². The molecule has 0 heterocycles. The van der Waals surface area contributed by atoms with E-state index in [9.17, 15) is 0 Å². The maximum atomic E-state index is 2.51. The summed E-state index contributed by atoms with van der Waals surface area (Å²) in [6.45, 7) is 4.81. The monoisotopic (exact) mass is 217 g/mol. The summed E-state index contributed by atoms with van der Waals surface area (Å²) in [4.78, 5) is 0. The van der Waals surface area contributed by atoms with Gasteiger partial charge in [0.2, 0.25) is 0 Å². The van der Waals surface area contributed by atoms with Crippen molar-refractivity contribution < 1.29 is 17.7 Å². The minimum Gasteiger partial charge on any atom is -1.00 e. The highest BCUT2D eigenvalue weighted by atomic mass is 35.5. The SMILES string of the molecule is CCC1(CC)C2CCC(C2)C1[NH2+]C.[Cl-]. The Bertz CT molecular complexity index is 189. The van der Waals surface area contributed by atoms with Crippen LogP contribution in [0.5, 0.6) is 0 Å². The summed E-state index contributed by atoms with van der Waals surface area (Å²) in [5.41, 5.74) is 0.706. The molecular formula is C12H24ClN. The molecule has 0 aromatic heterocycles. The van der Waals surface area contributed by atoms with Gasteiger partial charge in [-0.15, -0.1) is 0 Å². The molecular weight excluding hydrogens is 194 g/mol.